The Kier molecular flexibility index (Phi) is 48.2. The van der Waals surface area contributed by atoms with Gasteiger partial charge in [-0.2, -0.15) is 0 Å². The molecule has 0 aliphatic heterocycles. The van der Waals surface area contributed by atoms with Gasteiger partial charge in [0.05, 0.1) is 0 Å². The molecule has 1 unspecified atom stereocenters. The standard InChI is InChI=1S/C60H88O6/c1-4-7-10-13-16-19-22-25-27-29-30-32-33-35-38-41-44-47-50-53-59(62)65-56-57(55-64-58(61)52-49-46-43-40-37-24-21-18-15-12-9-6-3)66-60(63)54-51-48-45-42-39-36-34-31-28-26-23-20-17-14-11-8-5-2/h7,9-10,12-13,16-22,25-30,32-38,40,42,45,57H,4-6,8,11,14-15,23-24,31,39,41,43-44,46-56H2,1-3H3/b10-7-,12-9-,16-13-,20-17-,21-18-,22-19-,27-25-,28-26-,30-29+,33-32-,36-34-,38-35-,40-37-,45-42-. The average Bonchev–Trinajstić information content (AvgIpc) is 3.31. The average molecular weight is 905 g/mol. The summed E-state index contributed by atoms with van der Waals surface area (Å²) in [6.07, 6.45) is 77.7. The highest BCUT2D eigenvalue weighted by Gasteiger charge is 2.19. The molecule has 0 saturated heterocycles. The van der Waals surface area contributed by atoms with Crippen LogP contribution in [0.5, 0.6) is 0 Å². The van der Waals surface area contributed by atoms with Gasteiger partial charge in [-0.3, -0.25) is 14.4 Å². The molecule has 1 atom stereocenters. The maximum atomic E-state index is 12.8. The fourth-order valence-corrected chi connectivity index (χ4v) is 5.90. The van der Waals surface area contributed by atoms with Crippen LogP contribution in [-0.2, 0) is 28.6 Å². The molecular weight excluding hydrogens is 817 g/mol. The molecule has 6 heteroatoms. The number of esters is 3. The van der Waals surface area contributed by atoms with Crippen LogP contribution in [0.25, 0.3) is 0 Å². The second-order valence-corrected chi connectivity index (χ2v) is 15.8. The molecule has 0 spiro atoms. The topological polar surface area (TPSA) is 78.9 Å². The predicted molar refractivity (Wildman–Crippen MR) is 283 cm³/mol. The molecule has 0 radical (unpaired) electrons. The van der Waals surface area contributed by atoms with Crippen molar-refractivity contribution in [3.8, 4) is 0 Å². The van der Waals surface area contributed by atoms with E-state index in [2.05, 4.69) is 118 Å². The minimum atomic E-state index is -0.850. The number of hydrogen-bond donors (Lipinski definition) is 0. The number of allylic oxidation sites excluding steroid dienone is 28. The fourth-order valence-electron chi connectivity index (χ4n) is 5.90. The summed E-state index contributed by atoms with van der Waals surface area (Å²) in [6, 6.07) is 0. The van der Waals surface area contributed by atoms with Crippen molar-refractivity contribution in [1.82, 2.24) is 0 Å². The smallest absolute Gasteiger partial charge is 0.306 e. The first-order chi connectivity index (χ1) is 32.5. The Morgan fingerprint density at radius 2 is 0.682 bits per heavy atom. The Bertz CT molecular complexity index is 1600. The number of rotatable bonds is 42. The van der Waals surface area contributed by atoms with Crippen molar-refractivity contribution in [1.29, 1.82) is 0 Å². The summed E-state index contributed by atoms with van der Waals surface area (Å²) in [6.45, 7) is 6.18. The third-order valence-electron chi connectivity index (χ3n) is 9.63. The summed E-state index contributed by atoms with van der Waals surface area (Å²) >= 11 is 0. The first-order valence-electron chi connectivity index (χ1n) is 25.2. The Labute approximate surface area is 402 Å². The van der Waals surface area contributed by atoms with Gasteiger partial charge in [0.2, 0.25) is 0 Å². The second-order valence-electron chi connectivity index (χ2n) is 15.8. The van der Waals surface area contributed by atoms with Crippen LogP contribution in [0.3, 0.4) is 0 Å². The third-order valence-corrected chi connectivity index (χ3v) is 9.63. The molecule has 0 saturated carbocycles. The summed E-state index contributed by atoms with van der Waals surface area (Å²) < 4.78 is 16.6. The van der Waals surface area contributed by atoms with Crippen LogP contribution in [-0.4, -0.2) is 37.2 Å². The van der Waals surface area contributed by atoms with Crippen molar-refractivity contribution < 1.29 is 28.6 Å². The Hall–Kier alpha value is -5.23. The number of hydrogen-bond acceptors (Lipinski definition) is 6. The van der Waals surface area contributed by atoms with E-state index in [1.54, 1.807) is 0 Å². The molecule has 0 amide bonds. The van der Waals surface area contributed by atoms with E-state index in [4.69, 9.17) is 14.2 Å². The first-order valence-corrected chi connectivity index (χ1v) is 25.2. The van der Waals surface area contributed by atoms with Crippen molar-refractivity contribution in [2.75, 3.05) is 13.2 Å². The van der Waals surface area contributed by atoms with Gasteiger partial charge >= 0.3 is 17.9 Å². The van der Waals surface area contributed by atoms with E-state index < -0.39 is 12.1 Å². The van der Waals surface area contributed by atoms with Crippen LogP contribution in [0.2, 0.25) is 0 Å². The highest BCUT2D eigenvalue weighted by Crippen LogP contribution is 2.10. The minimum Gasteiger partial charge on any atom is -0.462 e. The number of carbonyl (C=O) groups excluding carboxylic acids is 3. The normalized spacial score (nSPS) is 13.6. The van der Waals surface area contributed by atoms with Gasteiger partial charge in [-0.25, -0.2) is 0 Å². The molecule has 0 N–H and O–H groups in total. The Balaban J connectivity index is 4.67. The maximum Gasteiger partial charge on any atom is 0.306 e. The molecule has 364 valence electrons. The van der Waals surface area contributed by atoms with E-state index >= 15 is 0 Å². The zero-order valence-electron chi connectivity index (χ0n) is 41.4. The molecule has 0 aromatic heterocycles. The van der Waals surface area contributed by atoms with Crippen molar-refractivity contribution in [2.24, 2.45) is 0 Å². The lowest BCUT2D eigenvalue weighted by molar-refractivity contribution is -0.167. The molecule has 0 aromatic rings. The van der Waals surface area contributed by atoms with E-state index in [0.29, 0.717) is 19.3 Å². The van der Waals surface area contributed by atoms with E-state index in [0.717, 1.165) is 83.5 Å². The van der Waals surface area contributed by atoms with Crippen LogP contribution in [0.4, 0.5) is 0 Å². The third kappa shape index (κ3) is 49.8. The highest BCUT2D eigenvalue weighted by molar-refractivity contribution is 5.71. The van der Waals surface area contributed by atoms with Gasteiger partial charge < -0.3 is 14.2 Å². The monoisotopic (exact) mass is 905 g/mol. The van der Waals surface area contributed by atoms with Gasteiger partial charge in [-0.05, 0) is 109 Å². The molecule has 0 aliphatic carbocycles. The molecule has 0 heterocycles. The van der Waals surface area contributed by atoms with Gasteiger partial charge in [0.25, 0.3) is 0 Å². The van der Waals surface area contributed by atoms with Gasteiger partial charge in [-0.15, -0.1) is 0 Å². The molecule has 66 heavy (non-hydrogen) atoms. The molecule has 0 aromatic carbocycles. The van der Waals surface area contributed by atoms with Gasteiger partial charge in [0.15, 0.2) is 6.10 Å². The largest absolute Gasteiger partial charge is 0.462 e. The van der Waals surface area contributed by atoms with Crippen LogP contribution < -0.4 is 0 Å². The van der Waals surface area contributed by atoms with Gasteiger partial charge in [-0.1, -0.05) is 210 Å². The number of ether oxygens (including phenoxy) is 3. The Morgan fingerprint density at radius 3 is 1.15 bits per heavy atom. The lowest BCUT2D eigenvalue weighted by Crippen LogP contribution is -2.30. The van der Waals surface area contributed by atoms with Crippen LogP contribution in [0, 0.1) is 0 Å². The van der Waals surface area contributed by atoms with Crippen LogP contribution in [0.15, 0.2) is 170 Å². The van der Waals surface area contributed by atoms with E-state index in [1.165, 1.54) is 25.7 Å². The molecule has 0 fully saturated rings. The highest BCUT2D eigenvalue weighted by atomic mass is 16.6. The fraction of sp³-hybridized carbons (Fsp3) is 0.483. The molecule has 0 bridgehead atoms. The first kappa shape index (κ1) is 60.8. The van der Waals surface area contributed by atoms with E-state index in [9.17, 15) is 14.4 Å². The van der Waals surface area contributed by atoms with Crippen molar-refractivity contribution >= 4 is 17.9 Å². The zero-order chi connectivity index (χ0) is 47.9. The predicted octanol–water partition coefficient (Wildman–Crippen LogP) is 16.8. The summed E-state index contributed by atoms with van der Waals surface area (Å²) in [5, 5.41) is 0. The molecule has 6 nitrogen and oxygen atoms in total. The summed E-state index contributed by atoms with van der Waals surface area (Å²) in [5.74, 6) is -1.10. The summed E-state index contributed by atoms with van der Waals surface area (Å²) in [4.78, 5) is 37.9. The maximum absolute atomic E-state index is 12.8. The lowest BCUT2D eigenvalue weighted by Gasteiger charge is -2.18. The van der Waals surface area contributed by atoms with Crippen LogP contribution >= 0.6 is 0 Å². The van der Waals surface area contributed by atoms with Gasteiger partial charge in [0, 0.05) is 19.3 Å². The quantitative estimate of drug-likeness (QED) is 0.0200. The van der Waals surface area contributed by atoms with Crippen LogP contribution in [0.1, 0.15) is 168 Å². The number of carbonyl (C=O) groups is 3. The molecular formula is C60H88O6. The lowest BCUT2D eigenvalue weighted by atomic mass is 10.1. The SMILES string of the molecule is CC\C=C/C=C\C=C/C=C\C=C\C=C/C=C\CCCCCC(=O)OCC(COC(=O)CCCC/C=C\C/C=C\C/C=C\CC)OC(=O)CCC/C=C\C/C=C\C/C=C\C/C=C\CCCCC. The van der Waals surface area contributed by atoms with E-state index in [1.807, 2.05) is 72.9 Å². The summed E-state index contributed by atoms with van der Waals surface area (Å²) in [7, 11) is 0. The number of unbranched alkanes of at least 4 members (excludes halogenated alkanes) is 9. The van der Waals surface area contributed by atoms with Gasteiger partial charge in [0.1, 0.15) is 13.2 Å². The van der Waals surface area contributed by atoms with Crippen molar-refractivity contribution in [3.63, 3.8) is 0 Å². The van der Waals surface area contributed by atoms with Crippen molar-refractivity contribution in [3.05, 3.63) is 170 Å². The Morgan fingerprint density at radius 1 is 0.333 bits per heavy atom. The minimum absolute atomic E-state index is 0.144. The van der Waals surface area contributed by atoms with E-state index in [-0.39, 0.29) is 44.4 Å². The molecule has 0 rings (SSSR count). The second kappa shape index (κ2) is 52.4. The molecule has 0 aliphatic rings. The summed E-state index contributed by atoms with van der Waals surface area (Å²) in [5.41, 5.74) is 0. The van der Waals surface area contributed by atoms with Crippen molar-refractivity contribution in [2.45, 2.75) is 175 Å². The zero-order valence-corrected chi connectivity index (χ0v) is 41.4.